The minimum Gasteiger partial charge on any atom is -0.394 e. The van der Waals surface area contributed by atoms with E-state index in [2.05, 4.69) is 0 Å². The van der Waals surface area contributed by atoms with Gasteiger partial charge < -0.3 is 25.2 Å². The maximum atomic E-state index is 12.8. The van der Waals surface area contributed by atoms with Crippen LogP contribution in [0, 0.1) is 5.82 Å². The highest BCUT2D eigenvalue weighted by Crippen LogP contribution is 2.23. The van der Waals surface area contributed by atoms with E-state index in [-0.39, 0.29) is 5.56 Å². The summed E-state index contributed by atoms with van der Waals surface area (Å²) in [7, 11) is 0. The first-order valence-electron chi connectivity index (χ1n) is 6.06. The third kappa shape index (κ3) is 2.72. The predicted molar refractivity (Wildman–Crippen MR) is 64.5 cm³/mol. The summed E-state index contributed by atoms with van der Waals surface area (Å²) in [6.45, 7) is -0.613. The predicted octanol–water partition coefficient (Wildman–Crippen LogP) is -1.15. The number of rotatable bonds is 3. The van der Waals surface area contributed by atoms with Gasteiger partial charge in [0, 0.05) is 5.56 Å². The summed E-state index contributed by atoms with van der Waals surface area (Å²) >= 11 is 0. The van der Waals surface area contributed by atoms with Crippen molar-refractivity contribution >= 4 is 5.78 Å². The lowest BCUT2D eigenvalue weighted by atomic mass is 9.91. The van der Waals surface area contributed by atoms with Crippen molar-refractivity contribution in [2.75, 3.05) is 6.61 Å². The topological polar surface area (TPSA) is 107 Å². The third-order valence-corrected chi connectivity index (χ3v) is 3.28. The van der Waals surface area contributed by atoms with Gasteiger partial charge in [-0.1, -0.05) is 0 Å². The fourth-order valence-corrected chi connectivity index (χ4v) is 2.10. The molecule has 1 unspecified atom stereocenters. The van der Waals surface area contributed by atoms with Gasteiger partial charge in [-0.3, -0.25) is 4.79 Å². The van der Waals surface area contributed by atoms with Crippen LogP contribution in [0.1, 0.15) is 10.4 Å². The molecule has 6 nitrogen and oxygen atoms in total. The van der Waals surface area contributed by atoms with E-state index in [0.717, 1.165) is 12.1 Å². The molecule has 1 aromatic carbocycles. The highest BCUT2D eigenvalue weighted by molar-refractivity contribution is 6.00. The second-order valence-electron chi connectivity index (χ2n) is 4.62. The van der Waals surface area contributed by atoms with Gasteiger partial charge in [-0.2, -0.15) is 0 Å². The Balaban J connectivity index is 2.22. The van der Waals surface area contributed by atoms with E-state index >= 15 is 0 Å². The van der Waals surface area contributed by atoms with Crippen LogP contribution in [0.3, 0.4) is 0 Å². The van der Waals surface area contributed by atoms with Crippen LogP contribution >= 0.6 is 0 Å². The van der Waals surface area contributed by atoms with Crippen LogP contribution < -0.4 is 0 Å². The van der Waals surface area contributed by atoms with E-state index < -0.39 is 48.7 Å². The molecule has 1 aliphatic rings. The van der Waals surface area contributed by atoms with Gasteiger partial charge in [0.05, 0.1) is 6.61 Å². The lowest BCUT2D eigenvalue weighted by molar-refractivity contribution is -0.215. The Bertz CT molecular complexity index is 474. The van der Waals surface area contributed by atoms with Gasteiger partial charge in [-0.05, 0) is 24.3 Å². The number of carbonyl (C=O) groups is 1. The fourth-order valence-electron chi connectivity index (χ4n) is 2.10. The molecule has 1 aromatic rings. The van der Waals surface area contributed by atoms with Gasteiger partial charge in [-0.15, -0.1) is 0 Å². The Morgan fingerprint density at radius 3 is 2.25 bits per heavy atom. The first-order chi connectivity index (χ1) is 9.45. The Morgan fingerprint density at radius 2 is 1.70 bits per heavy atom. The molecule has 0 radical (unpaired) electrons. The van der Waals surface area contributed by atoms with Crippen LogP contribution in [0.15, 0.2) is 24.3 Å². The number of aliphatic hydroxyl groups excluding tert-OH is 4. The minimum absolute atomic E-state index is 0.0933. The molecule has 0 amide bonds. The van der Waals surface area contributed by atoms with Gasteiger partial charge >= 0.3 is 0 Å². The van der Waals surface area contributed by atoms with E-state index in [9.17, 15) is 24.5 Å². The summed E-state index contributed by atoms with van der Waals surface area (Å²) in [6, 6.07) is 4.60. The van der Waals surface area contributed by atoms with Crippen molar-refractivity contribution in [1.82, 2.24) is 0 Å². The van der Waals surface area contributed by atoms with E-state index in [4.69, 9.17) is 9.84 Å². The van der Waals surface area contributed by atoms with Crippen molar-refractivity contribution in [2.24, 2.45) is 0 Å². The van der Waals surface area contributed by atoms with Crippen molar-refractivity contribution in [3.63, 3.8) is 0 Å². The summed E-state index contributed by atoms with van der Waals surface area (Å²) < 4.78 is 17.9. The first-order valence-corrected chi connectivity index (χ1v) is 6.06. The Morgan fingerprint density at radius 1 is 1.10 bits per heavy atom. The molecule has 1 fully saturated rings. The number of halogens is 1. The molecule has 7 heteroatoms. The zero-order chi connectivity index (χ0) is 14.9. The van der Waals surface area contributed by atoms with Crippen molar-refractivity contribution in [3.8, 4) is 0 Å². The average molecular weight is 286 g/mol. The minimum atomic E-state index is -1.63. The van der Waals surface area contributed by atoms with Crippen molar-refractivity contribution in [3.05, 3.63) is 35.6 Å². The summed E-state index contributed by atoms with van der Waals surface area (Å²) in [6.07, 6.45) is -7.35. The number of carbonyl (C=O) groups excluding carboxylic acids is 1. The lowest BCUT2D eigenvalue weighted by Gasteiger charge is -2.39. The molecule has 4 N–H and O–H groups in total. The van der Waals surface area contributed by atoms with Crippen LogP contribution in [-0.2, 0) is 4.74 Å². The molecule has 1 heterocycles. The number of hydrogen-bond acceptors (Lipinski definition) is 6. The summed E-state index contributed by atoms with van der Waals surface area (Å²) in [5, 5.41) is 38.0. The lowest BCUT2D eigenvalue weighted by Crippen LogP contribution is -2.60. The van der Waals surface area contributed by atoms with Crippen LogP contribution in [0.4, 0.5) is 4.39 Å². The first kappa shape index (κ1) is 15.0. The van der Waals surface area contributed by atoms with Gasteiger partial charge in [0.25, 0.3) is 0 Å². The van der Waals surface area contributed by atoms with Crippen LogP contribution in [0.25, 0.3) is 0 Å². The fraction of sp³-hybridized carbons (Fsp3) is 0.462. The maximum absolute atomic E-state index is 12.8. The van der Waals surface area contributed by atoms with Crippen molar-refractivity contribution in [1.29, 1.82) is 0 Å². The van der Waals surface area contributed by atoms with Gasteiger partial charge in [-0.25, -0.2) is 4.39 Å². The second-order valence-corrected chi connectivity index (χ2v) is 4.62. The molecule has 0 spiro atoms. The number of benzene rings is 1. The quantitative estimate of drug-likeness (QED) is 0.523. The molecule has 110 valence electrons. The van der Waals surface area contributed by atoms with Crippen molar-refractivity contribution < 1.29 is 34.3 Å². The van der Waals surface area contributed by atoms with Crippen LogP contribution in [-0.4, -0.2) is 63.3 Å². The maximum Gasteiger partial charge on any atom is 0.194 e. The number of aliphatic hydroxyl groups is 4. The molecule has 5 atom stereocenters. The van der Waals surface area contributed by atoms with E-state index in [1.54, 1.807) is 0 Å². The average Bonchev–Trinajstić information content (AvgIpc) is 2.45. The molecule has 0 aromatic heterocycles. The standard InChI is InChI=1S/C13H15FO6/c14-7-3-1-6(2-4-7)9(16)13-12(19)11(18)10(17)8(5-15)20-13/h1-4,8,10-13,15,17-19H,5H2/t8-,10+,11+,12-,13?/m1/s1. The smallest absolute Gasteiger partial charge is 0.194 e. The SMILES string of the molecule is O=C(c1ccc(F)cc1)C1O[C@H](CO)[C@H](O)[C@H](O)[C@H]1O. The molecule has 1 saturated heterocycles. The number of ether oxygens (including phenoxy) is 1. The molecule has 0 bridgehead atoms. The zero-order valence-electron chi connectivity index (χ0n) is 10.4. The van der Waals surface area contributed by atoms with E-state index in [0.29, 0.717) is 0 Å². The van der Waals surface area contributed by atoms with E-state index in [1.165, 1.54) is 12.1 Å². The number of Topliss-reactive ketones (excluding diaryl/α,β-unsaturated/α-hetero) is 1. The molecule has 1 aliphatic heterocycles. The van der Waals surface area contributed by atoms with Gasteiger partial charge in [0.15, 0.2) is 5.78 Å². The van der Waals surface area contributed by atoms with E-state index in [1.807, 2.05) is 0 Å². The highest BCUT2D eigenvalue weighted by atomic mass is 19.1. The summed E-state index contributed by atoms with van der Waals surface area (Å²) in [4.78, 5) is 12.2. The number of hydrogen-bond donors (Lipinski definition) is 4. The second kappa shape index (κ2) is 5.94. The molecule has 0 aliphatic carbocycles. The molecular formula is C13H15FO6. The molecule has 0 saturated carbocycles. The Hall–Kier alpha value is -1.38. The van der Waals surface area contributed by atoms with Crippen LogP contribution in [0.2, 0.25) is 0 Å². The monoisotopic (exact) mass is 286 g/mol. The van der Waals surface area contributed by atoms with Crippen molar-refractivity contribution in [2.45, 2.75) is 30.5 Å². The Kier molecular flexibility index (Phi) is 4.46. The summed E-state index contributed by atoms with van der Waals surface area (Å²) in [5.74, 6) is -1.18. The zero-order valence-corrected chi connectivity index (χ0v) is 10.4. The third-order valence-electron chi connectivity index (χ3n) is 3.28. The molecular weight excluding hydrogens is 271 g/mol. The Labute approximate surface area is 114 Å². The van der Waals surface area contributed by atoms with Crippen LogP contribution in [0.5, 0.6) is 0 Å². The largest absolute Gasteiger partial charge is 0.394 e. The normalized spacial score (nSPS) is 34.0. The summed E-state index contributed by atoms with van der Waals surface area (Å²) in [5.41, 5.74) is 0.0933. The highest BCUT2D eigenvalue weighted by Gasteiger charge is 2.46. The molecule has 20 heavy (non-hydrogen) atoms. The van der Waals surface area contributed by atoms with Gasteiger partial charge in [0.2, 0.25) is 0 Å². The van der Waals surface area contributed by atoms with Gasteiger partial charge in [0.1, 0.15) is 36.3 Å². The molecule has 2 rings (SSSR count). The number of ketones is 1.